The van der Waals surface area contributed by atoms with Gasteiger partial charge in [-0.1, -0.05) is 91.3 Å². The highest BCUT2D eigenvalue weighted by molar-refractivity contribution is 7.92. The predicted octanol–water partition coefficient (Wildman–Crippen LogP) is 5.97. The van der Waals surface area contributed by atoms with Crippen LogP contribution in [0.25, 0.3) is 0 Å². The lowest BCUT2D eigenvalue weighted by Gasteiger charge is -2.34. The quantitative estimate of drug-likeness (QED) is 0.202. The van der Waals surface area contributed by atoms with Crippen molar-refractivity contribution in [3.63, 3.8) is 0 Å². The van der Waals surface area contributed by atoms with Crippen molar-refractivity contribution in [1.82, 2.24) is 10.2 Å². The number of rotatable bonds is 13. The molecule has 0 bridgehead atoms. The summed E-state index contributed by atoms with van der Waals surface area (Å²) in [6.45, 7) is 7.78. The normalized spacial score (nSPS) is 11.9. The van der Waals surface area contributed by atoms with Crippen molar-refractivity contribution in [1.29, 1.82) is 0 Å². The Balaban J connectivity index is 1.80. The third-order valence-corrected chi connectivity index (χ3v) is 9.19. The van der Waals surface area contributed by atoms with Crippen molar-refractivity contribution in [3.8, 4) is 0 Å². The van der Waals surface area contributed by atoms with Crippen LogP contribution in [-0.4, -0.2) is 44.3 Å². The molecule has 4 rings (SSSR count). The number of hydrogen-bond donors (Lipinski definition) is 1. The smallest absolute Gasteiger partial charge is 0.264 e. The zero-order chi connectivity index (χ0) is 31.7. The van der Waals surface area contributed by atoms with Crippen molar-refractivity contribution in [2.75, 3.05) is 17.4 Å². The van der Waals surface area contributed by atoms with E-state index in [0.717, 1.165) is 34.2 Å². The summed E-state index contributed by atoms with van der Waals surface area (Å²) in [5.41, 5.74) is 4.80. The second-order valence-electron chi connectivity index (χ2n) is 11.2. The Morgan fingerprint density at radius 1 is 0.750 bits per heavy atom. The van der Waals surface area contributed by atoms with Crippen LogP contribution < -0.4 is 9.62 Å². The van der Waals surface area contributed by atoms with Crippen LogP contribution in [0.1, 0.15) is 41.2 Å². The first kappa shape index (κ1) is 32.5. The van der Waals surface area contributed by atoms with Gasteiger partial charge in [-0.05, 0) is 73.7 Å². The molecule has 0 fully saturated rings. The van der Waals surface area contributed by atoms with E-state index in [2.05, 4.69) is 5.32 Å². The maximum Gasteiger partial charge on any atom is 0.264 e. The molecular formula is C36H41N3O4S. The average molecular weight is 612 g/mol. The minimum absolute atomic E-state index is 0.0891. The van der Waals surface area contributed by atoms with Crippen LogP contribution in [0.5, 0.6) is 0 Å². The van der Waals surface area contributed by atoms with Gasteiger partial charge in [-0.2, -0.15) is 0 Å². The van der Waals surface area contributed by atoms with E-state index < -0.39 is 28.5 Å². The largest absolute Gasteiger partial charge is 0.354 e. The summed E-state index contributed by atoms with van der Waals surface area (Å²) < 4.78 is 29.6. The van der Waals surface area contributed by atoms with E-state index >= 15 is 0 Å². The fourth-order valence-electron chi connectivity index (χ4n) is 5.16. The Kier molecular flexibility index (Phi) is 11.0. The zero-order valence-corrected chi connectivity index (χ0v) is 26.7. The monoisotopic (exact) mass is 611 g/mol. The van der Waals surface area contributed by atoms with Crippen LogP contribution in [0.4, 0.5) is 5.69 Å². The Morgan fingerprint density at radius 2 is 1.32 bits per heavy atom. The number of amides is 2. The maximum atomic E-state index is 14.5. The topological polar surface area (TPSA) is 86.8 Å². The lowest BCUT2D eigenvalue weighted by Crippen LogP contribution is -2.53. The van der Waals surface area contributed by atoms with Crippen LogP contribution >= 0.6 is 0 Å². The first-order valence-electron chi connectivity index (χ1n) is 14.9. The molecule has 0 saturated carbocycles. The maximum absolute atomic E-state index is 14.5. The van der Waals surface area contributed by atoms with Gasteiger partial charge in [0.15, 0.2) is 0 Å². The molecule has 8 heteroatoms. The highest BCUT2D eigenvalue weighted by Crippen LogP contribution is 2.27. The number of nitrogens with one attached hydrogen (secondary N) is 1. The minimum Gasteiger partial charge on any atom is -0.354 e. The summed E-state index contributed by atoms with van der Waals surface area (Å²) in [7, 11) is -4.14. The van der Waals surface area contributed by atoms with Gasteiger partial charge in [0.1, 0.15) is 12.6 Å². The van der Waals surface area contributed by atoms with Crippen LogP contribution in [0.15, 0.2) is 108 Å². The first-order valence-corrected chi connectivity index (χ1v) is 16.3. The number of carbonyl (C=O) groups is 2. The second kappa shape index (κ2) is 14.8. The SMILES string of the molecule is CCCNC(=O)[C@H](Cc1ccccc1)N(Cc1ccccc1)C(=O)CN(c1cc(C)cc(C)c1)S(=O)(=O)c1ccc(C)cc1. The van der Waals surface area contributed by atoms with E-state index in [9.17, 15) is 18.0 Å². The number of aryl methyl sites for hydroxylation is 3. The van der Waals surface area contributed by atoms with Gasteiger partial charge in [0.2, 0.25) is 11.8 Å². The molecule has 0 heterocycles. The first-order chi connectivity index (χ1) is 21.1. The summed E-state index contributed by atoms with van der Waals surface area (Å²) in [6, 6.07) is 30.2. The Hall–Kier alpha value is -4.43. The molecule has 44 heavy (non-hydrogen) atoms. The van der Waals surface area contributed by atoms with Gasteiger partial charge in [-0.15, -0.1) is 0 Å². The van der Waals surface area contributed by atoms with Gasteiger partial charge in [-0.3, -0.25) is 13.9 Å². The molecule has 0 aromatic heterocycles. The van der Waals surface area contributed by atoms with Gasteiger partial charge in [-0.25, -0.2) is 8.42 Å². The van der Waals surface area contributed by atoms with E-state index in [1.165, 1.54) is 9.21 Å². The molecule has 230 valence electrons. The summed E-state index contributed by atoms with van der Waals surface area (Å²) in [5.74, 6) is -0.754. The molecule has 0 aliphatic carbocycles. The second-order valence-corrected chi connectivity index (χ2v) is 13.0. The number of nitrogens with zero attached hydrogens (tertiary/aromatic N) is 2. The summed E-state index contributed by atoms with van der Waals surface area (Å²) in [4.78, 5) is 29.8. The van der Waals surface area contributed by atoms with E-state index in [-0.39, 0.29) is 23.8 Å². The molecule has 0 spiro atoms. The molecule has 0 aliphatic rings. The molecule has 4 aromatic rings. The minimum atomic E-state index is -4.14. The number of sulfonamides is 1. The molecule has 0 unspecified atom stereocenters. The summed E-state index contributed by atoms with van der Waals surface area (Å²) in [6.07, 6.45) is 1.02. The van der Waals surface area contributed by atoms with E-state index in [4.69, 9.17) is 0 Å². The van der Waals surface area contributed by atoms with Crippen LogP contribution in [-0.2, 0) is 32.6 Å². The van der Waals surface area contributed by atoms with Crippen molar-refractivity contribution in [3.05, 3.63) is 131 Å². The van der Waals surface area contributed by atoms with Crippen LogP contribution in [0, 0.1) is 20.8 Å². The molecule has 7 nitrogen and oxygen atoms in total. The third-order valence-electron chi connectivity index (χ3n) is 7.40. The standard InChI is InChI=1S/C36H41N3O4S/c1-5-20-37-36(41)34(24-30-12-8-6-9-13-30)38(25-31-14-10-7-11-15-31)35(40)26-39(32-22-28(3)21-29(4)23-32)44(42,43)33-18-16-27(2)17-19-33/h6-19,21-23,34H,5,20,24-26H2,1-4H3,(H,37,41)/t34-/m0/s1. The highest BCUT2D eigenvalue weighted by atomic mass is 32.2. The summed E-state index contributed by atoms with van der Waals surface area (Å²) in [5, 5.41) is 2.97. The number of carbonyl (C=O) groups excluding carboxylic acids is 2. The van der Waals surface area contributed by atoms with Gasteiger partial charge < -0.3 is 10.2 Å². The van der Waals surface area contributed by atoms with Gasteiger partial charge in [0.05, 0.1) is 10.6 Å². The molecular weight excluding hydrogens is 570 g/mol. The van der Waals surface area contributed by atoms with Gasteiger partial charge in [0.25, 0.3) is 10.0 Å². The van der Waals surface area contributed by atoms with Crippen molar-refractivity contribution in [2.24, 2.45) is 0 Å². The number of hydrogen-bond acceptors (Lipinski definition) is 4. The summed E-state index contributed by atoms with van der Waals surface area (Å²) >= 11 is 0. The lowest BCUT2D eigenvalue weighted by atomic mass is 10.0. The Morgan fingerprint density at radius 3 is 1.89 bits per heavy atom. The molecule has 1 N–H and O–H groups in total. The van der Waals surface area contributed by atoms with Crippen LogP contribution in [0.3, 0.4) is 0 Å². The van der Waals surface area contributed by atoms with Gasteiger partial charge in [0, 0.05) is 19.5 Å². The molecule has 1 atom stereocenters. The molecule has 4 aromatic carbocycles. The predicted molar refractivity (Wildman–Crippen MR) is 176 cm³/mol. The third kappa shape index (κ3) is 8.35. The molecule has 2 amide bonds. The Bertz CT molecular complexity index is 1640. The van der Waals surface area contributed by atoms with Crippen molar-refractivity contribution < 1.29 is 18.0 Å². The molecule has 0 radical (unpaired) electrons. The van der Waals surface area contributed by atoms with Crippen molar-refractivity contribution in [2.45, 2.75) is 58.0 Å². The fraction of sp³-hybridized carbons (Fsp3) is 0.278. The number of benzene rings is 4. The zero-order valence-electron chi connectivity index (χ0n) is 25.9. The molecule has 0 saturated heterocycles. The van der Waals surface area contributed by atoms with Crippen molar-refractivity contribution >= 4 is 27.5 Å². The highest BCUT2D eigenvalue weighted by Gasteiger charge is 2.34. The molecule has 0 aliphatic heterocycles. The average Bonchev–Trinajstić information content (AvgIpc) is 3.01. The van der Waals surface area contributed by atoms with E-state index in [1.54, 1.807) is 36.4 Å². The number of anilines is 1. The van der Waals surface area contributed by atoms with Crippen LogP contribution in [0.2, 0.25) is 0 Å². The Labute approximate surface area is 261 Å². The van der Waals surface area contributed by atoms with Gasteiger partial charge >= 0.3 is 0 Å². The van der Waals surface area contributed by atoms with E-state index in [0.29, 0.717) is 12.2 Å². The van der Waals surface area contributed by atoms with E-state index in [1.807, 2.05) is 94.4 Å². The lowest BCUT2D eigenvalue weighted by molar-refractivity contribution is -0.140. The fourth-order valence-corrected chi connectivity index (χ4v) is 6.56.